The van der Waals surface area contributed by atoms with E-state index >= 15 is 0 Å². The molecule has 0 fully saturated rings. The third kappa shape index (κ3) is 6.39. The van der Waals surface area contributed by atoms with E-state index in [4.69, 9.17) is 19.9 Å². The first kappa shape index (κ1) is 21.5. The minimum absolute atomic E-state index is 0.156. The molecule has 8 nitrogen and oxygen atoms in total. The van der Waals surface area contributed by atoms with Crippen LogP contribution in [0, 0.1) is 0 Å². The molecule has 0 aliphatic rings. The van der Waals surface area contributed by atoms with Crippen molar-refractivity contribution in [3.63, 3.8) is 0 Å². The molecule has 0 saturated heterocycles. The highest BCUT2D eigenvalue weighted by Gasteiger charge is 2.13. The van der Waals surface area contributed by atoms with Gasteiger partial charge in [-0.15, -0.1) is 0 Å². The minimum atomic E-state index is -0.733. The molecule has 8 heteroatoms. The maximum Gasteiger partial charge on any atom is 0.344 e. The predicted octanol–water partition coefficient (Wildman–Crippen LogP) is 2.39. The monoisotopic (exact) mass is 398 g/mol. The fourth-order valence-corrected chi connectivity index (χ4v) is 2.42. The highest BCUT2D eigenvalue weighted by molar-refractivity contribution is 6.03. The van der Waals surface area contributed by atoms with Gasteiger partial charge in [0, 0.05) is 0 Å². The second kappa shape index (κ2) is 10.5. The minimum Gasteiger partial charge on any atom is -0.493 e. The molecule has 0 spiro atoms. The number of hydrogen-bond donors (Lipinski definition) is 2. The summed E-state index contributed by atoms with van der Waals surface area (Å²) in [6.07, 6.45) is 3.79. The SMILES string of the molecule is C/C=C/c1ccc(OCC(=O)OCC(=O)Nc2ccccc2C(N)=O)c(OC)c1. The number of nitrogens with two attached hydrogens (primary N) is 1. The average molecular weight is 398 g/mol. The molecule has 2 aromatic rings. The number of methoxy groups -OCH3 is 1. The lowest BCUT2D eigenvalue weighted by Gasteiger charge is -2.12. The van der Waals surface area contributed by atoms with Crippen LogP contribution in [0.4, 0.5) is 5.69 Å². The molecular formula is C21H22N2O6. The number of benzene rings is 2. The highest BCUT2D eigenvalue weighted by Crippen LogP contribution is 2.28. The van der Waals surface area contributed by atoms with E-state index in [0.717, 1.165) is 5.56 Å². The Labute approximate surface area is 168 Å². The number of carbonyl (C=O) groups is 3. The largest absolute Gasteiger partial charge is 0.493 e. The number of carbonyl (C=O) groups excluding carboxylic acids is 3. The second-order valence-corrected chi connectivity index (χ2v) is 5.82. The number of primary amides is 1. The third-order valence-electron chi connectivity index (χ3n) is 3.72. The zero-order chi connectivity index (χ0) is 21.2. The van der Waals surface area contributed by atoms with E-state index in [1.54, 1.807) is 24.3 Å². The average Bonchev–Trinajstić information content (AvgIpc) is 2.71. The molecule has 29 heavy (non-hydrogen) atoms. The molecule has 2 rings (SSSR count). The van der Waals surface area contributed by atoms with Crippen molar-refractivity contribution in [3.05, 3.63) is 59.7 Å². The van der Waals surface area contributed by atoms with Gasteiger partial charge in [0.1, 0.15) is 0 Å². The summed E-state index contributed by atoms with van der Waals surface area (Å²) in [6, 6.07) is 11.5. The van der Waals surface area contributed by atoms with Crippen LogP contribution in [0.15, 0.2) is 48.5 Å². The summed E-state index contributed by atoms with van der Waals surface area (Å²) < 4.78 is 15.5. The number of amides is 2. The third-order valence-corrected chi connectivity index (χ3v) is 3.72. The molecule has 0 unspecified atom stereocenters. The Morgan fingerprint density at radius 2 is 1.83 bits per heavy atom. The van der Waals surface area contributed by atoms with Crippen LogP contribution >= 0.6 is 0 Å². The number of para-hydroxylation sites is 1. The summed E-state index contributed by atoms with van der Waals surface area (Å²) >= 11 is 0. The lowest BCUT2D eigenvalue weighted by atomic mass is 10.1. The summed E-state index contributed by atoms with van der Waals surface area (Å²) in [5.74, 6) is -1.18. The van der Waals surface area contributed by atoms with Crippen molar-refractivity contribution in [2.45, 2.75) is 6.92 Å². The van der Waals surface area contributed by atoms with Gasteiger partial charge in [0.15, 0.2) is 24.7 Å². The number of nitrogens with one attached hydrogen (secondary N) is 1. The molecule has 0 saturated carbocycles. The Morgan fingerprint density at radius 1 is 1.07 bits per heavy atom. The van der Waals surface area contributed by atoms with Crippen LogP contribution in [0.1, 0.15) is 22.8 Å². The Bertz CT molecular complexity index is 923. The van der Waals surface area contributed by atoms with E-state index in [9.17, 15) is 14.4 Å². The molecule has 2 aromatic carbocycles. The number of anilines is 1. The van der Waals surface area contributed by atoms with Crippen molar-refractivity contribution >= 4 is 29.5 Å². The van der Waals surface area contributed by atoms with Gasteiger partial charge < -0.3 is 25.3 Å². The molecule has 0 radical (unpaired) electrons. The van der Waals surface area contributed by atoms with Crippen LogP contribution < -0.4 is 20.5 Å². The molecule has 0 aromatic heterocycles. The van der Waals surface area contributed by atoms with Crippen LogP contribution in [0.5, 0.6) is 11.5 Å². The predicted molar refractivity (Wildman–Crippen MR) is 108 cm³/mol. The number of allylic oxidation sites excluding steroid dienone is 1. The topological polar surface area (TPSA) is 117 Å². The lowest BCUT2D eigenvalue weighted by molar-refractivity contribution is -0.149. The first-order chi connectivity index (χ1) is 13.9. The van der Waals surface area contributed by atoms with Crippen molar-refractivity contribution < 1.29 is 28.6 Å². The molecule has 2 amide bonds. The number of hydrogen-bond acceptors (Lipinski definition) is 6. The standard InChI is InChI=1S/C21H22N2O6/c1-3-6-14-9-10-17(18(11-14)27-2)28-13-20(25)29-12-19(24)23-16-8-5-4-7-15(16)21(22)26/h3-11H,12-13H2,1-2H3,(H2,22,26)(H,23,24)/b6-3+. The van der Waals surface area contributed by atoms with E-state index in [1.807, 2.05) is 25.1 Å². The van der Waals surface area contributed by atoms with Gasteiger partial charge in [0.2, 0.25) is 0 Å². The zero-order valence-corrected chi connectivity index (χ0v) is 16.1. The maximum absolute atomic E-state index is 12.0. The molecule has 0 bridgehead atoms. The van der Waals surface area contributed by atoms with Gasteiger partial charge in [0.05, 0.1) is 18.4 Å². The van der Waals surface area contributed by atoms with Crippen LogP contribution in [-0.4, -0.2) is 38.1 Å². The summed E-state index contributed by atoms with van der Waals surface area (Å²) in [7, 11) is 1.49. The van der Waals surface area contributed by atoms with E-state index in [0.29, 0.717) is 11.5 Å². The van der Waals surface area contributed by atoms with Crippen LogP contribution in [0.2, 0.25) is 0 Å². The Morgan fingerprint density at radius 3 is 2.52 bits per heavy atom. The molecule has 3 N–H and O–H groups in total. The molecule has 0 atom stereocenters. The highest BCUT2D eigenvalue weighted by atomic mass is 16.6. The van der Waals surface area contributed by atoms with Gasteiger partial charge in [-0.05, 0) is 36.8 Å². The fourth-order valence-electron chi connectivity index (χ4n) is 2.42. The van der Waals surface area contributed by atoms with Crippen molar-refractivity contribution in [1.82, 2.24) is 0 Å². The Balaban J connectivity index is 1.86. The van der Waals surface area contributed by atoms with Crippen LogP contribution in [-0.2, 0) is 14.3 Å². The van der Waals surface area contributed by atoms with Crippen LogP contribution in [0.25, 0.3) is 6.08 Å². The van der Waals surface area contributed by atoms with Crippen molar-refractivity contribution in [1.29, 1.82) is 0 Å². The van der Waals surface area contributed by atoms with Gasteiger partial charge in [-0.1, -0.05) is 30.4 Å². The lowest BCUT2D eigenvalue weighted by Crippen LogP contribution is -2.25. The summed E-state index contributed by atoms with van der Waals surface area (Å²) in [4.78, 5) is 35.2. The van der Waals surface area contributed by atoms with Crippen molar-refractivity contribution in [2.24, 2.45) is 5.73 Å². The summed E-state index contributed by atoms with van der Waals surface area (Å²) in [6.45, 7) is 0.965. The molecular weight excluding hydrogens is 376 g/mol. The van der Waals surface area contributed by atoms with E-state index in [2.05, 4.69) is 5.32 Å². The van der Waals surface area contributed by atoms with E-state index in [-0.39, 0.29) is 11.3 Å². The zero-order valence-electron chi connectivity index (χ0n) is 16.1. The number of ether oxygens (including phenoxy) is 3. The van der Waals surface area contributed by atoms with Gasteiger partial charge in [-0.25, -0.2) is 4.79 Å². The normalized spacial score (nSPS) is 10.4. The second-order valence-electron chi connectivity index (χ2n) is 5.82. The first-order valence-corrected chi connectivity index (χ1v) is 8.72. The fraction of sp³-hybridized carbons (Fsp3) is 0.190. The van der Waals surface area contributed by atoms with Gasteiger partial charge in [-0.3, -0.25) is 9.59 Å². The van der Waals surface area contributed by atoms with Crippen LogP contribution in [0.3, 0.4) is 0 Å². The van der Waals surface area contributed by atoms with Gasteiger partial charge >= 0.3 is 5.97 Å². The summed E-state index contributed by atoms with van der Waals surface area (Å²) in [5, 5.41) is 2.47. The Kier molecular flexibility index (Phi) is 7.78. The number of rotatable bonds is 9. The number of esters is 1. The smallest absolute Gasteiger partial charge is 0.344 e. The van der Waals surface area contributed by atoms with Gasteiger partial charge in [-0.2, -0.15) is 0 Å². The van der Waals surface area contributed by atoms with E-state index in [1.165, 1.54) is 19.2 Å². The molecule has 0 aliphatic carbocycles. The van der Waals surface area contributed by atoms with Crippen molar-refractivity contribution in [2.75, 3.05) is 25.6 Å². The molecule has 152 valence electrons. The quantitative estimate of drug-likeness (QED) is 0.627. The Hall–Kier alpha value is -3.81. The molecule has 0 aliphatic heterocycles. The van der Waals surface area contributed by atoms with Gasteiger partial charge in [0.25, 0.3) is 11.8 Å². The summed E-state index contributed by atoms with van der Waals surface area (Å²) in [5.41, 5.74) is 6.57. The first-order valence-electron chi connectivity index (χ1n) is 8.72. The van der Waals surface area contributed by atoms with Crippen molar-refractivity contribution in [3.8, 4) is 11.5 Å². The van der Waals surface area contributed by atoms with E-state index < -0.39 is 31.0 Å². The maximum atomic E-state index is 12.0. The molecule has 0 heterocycles.